The molecule has 6 nitrogen and oxygen atoms in total. The average molecular weight is 483 g/mol. The summed E-state index contributed by atoms with van der Waals surface area (Å²) >= 11 is 0. The van der Waals surface area contributed by atoms with Crippen molar-refractivity contribution in [3.05, 3.63) is 42.5 Å². The third kappa shape index (κ3) is 6.41. The molecule has 0 unspecified atom stereocenters. The second kappa shape index (κ2) is 11.2. The number of nitrogens with one attached hydrogen (secondary N) is 2. The first kappa shape index (κ1) is 21.5. The molecule has 0 bridgehead atoms. The fourth-order valence-corrected chi connectivity index (χ4v) is 3.35. The second-order valence-corrected chi connectivity index (χ2v) is 6.68. The summed E-state index contributed by atoms with van der Waals surface area (Å²) in [6.07, 6.45) is 6.39. The van der Waals surface area contributed by atoms with E-state index in [1.807, 2.05) is 17.9 Å². The number of aliphatic imine (C=N–C) groups is 1. The minimum absolute atomic E-state index is 0. The standard InChI is InChI=1S/C20H29N5O.HI/c1-2-21-20(23-17-8-6-7-9-17)22-16-19(26)25-14-12-24(13-15-25)18-10-4-3-5-11-18;/h3-7,10-11,17H,2,8-9,12-16H2,1H3,(H2,21,22,23);1H. The number of nitrogens with zero attached hydrogens (tertiary/aromatic N) is 3. The van der Waals surface area contributed by atoms with E-state index in [9.17, 15) is 4.79 Å². The fraction of sp³-hybridized carbons (Fsp3) is 0.500. The van der Waals surface area contributed by atoms with Crippen LogP contribution in [-0.2, 0) is 4.79 Å². The number of benzene rings is 1. The lowest BCUT2D eigenvalue weighted by molar-refractivity contribution is -0.129. The maximum atomic E-state index is 12.5. The molecule has 0 spiro atoms. The molecule has 0 atom stereocenters. The molecule has 2 N–H and O–H groups in total. The van der Waals surface area contributed by atoms with Crippen LogP contribution in [0.25, 0.3) is 0 Å². The van der Waals surface area contributed by atoms with Crippen LogP contribution in [0.5, 0.6) is 0 Å². The minimum atomic E-state index is 0. The molecule has 1 aliphatic heterocycles. The average Bonchev–Trinajstić information content (AvgIpc) is 3.20. The zero-order valence-corrected chi connectivity index (χ0v) is 18.3. The van der Waals surface area contributed by atoms with Gasteiger partial charge in [-0.05, 0) is 31.9 Å². The van der Waals surface area contributed by atoms with E-state index in [1.54, 1.807) is 0 Å². The number of amides is 1. The Bertz CT molecular complexity index is 633. The van der Waals surface area contributed by atoms with Crippen LogP contribution < -0.4 is 15.5 Å². The van der Waals surface area contributed by atoms with Gasteiger partial charge in [-0.3, -0.25) is 4.79 Å². The Kier molecular flexibility index (Phi) is 8.90. The Morgan fingerprint density at radius 3 is 2.41 bits per heavy atom. The summed E-state index contributed by atoms with van der Waals surface area (Å²) in [7, 11) is 0. The highest BCUT2D eigenvalue weighted by molar-refractivity contribution is 14.0. The smallest absolute Gasteiger partial charge is 0.244 e. The maximum Gasteiger partial charge on any atom is 0.244 e. The number of carbonyl (C=O) groups is 1. The van der Waals surface area contributed by atoms with Gasteiger partial charge in [-0.1, -0.05) is 30.4 Å². The van der Waals surface area contributed by atoms with Crippen LogP contribution >= 0.6 is 24.0 Å². The van der Waals surface area contributed by atoms with Crippen molar-refractivity contribution >= 4 is 41.5 Å². The largest absolute Gasteiger partial charge is 0.368 e. The Hall–Kier alpha value is -1.77. The summed E-state index contributed by atoms with van der Waals surface area (Å²) in [6, 6.07) is 10.8. The highest BCUT2D eigenvalue weighted by Gasteiger charge is 2.21. The van der Waals surface area contributed by atoms with Crippen molar-refractivity contribution in [3.8, 4) is 0 Å². The Labute approximate surface area is 179 Å². The molecule has 1 heterocycles. The van der Waals surface area contributed by atoms with Crippen molar-refractivity contribution in [2.24, 2.45) is 4.99 Å². The number of halogens is 1. The van der Waals surface area contributed by atoms with Crippen molar-refractivity contribution in [2.75, 3.05) is 44.2 Å². The molecule has 1 fully saturated rings. The second-order valence-electron chi connectivity index (χ2n) is 6.68. The van der Waals surface area contributed by atoms with Gasteiger partial charge in [0.1, 0.15) is 6.54 Å². The van der Waals surface area contributed by atoms with Crippen LogP contribution in [0.15, 0.2) is 47.5 Å². The van der Waals surface area contributed by atoms with E-state index >= 15 is 0 Å². The Morgan fingerprint density at radius 2 is 1.78 bits per heavy atom. The summed E-state index contributed by atoms with van der Waals surface area (Å²) in [5, 5.41) is 6.63. The van der Waals surface area contributed by atoms with E-state index < -0.39 is 0 Å². The number of para-hydroxylation sites is 1. The number of piperazine rings is 1. The molecule has 0 radical (unpaired) electrons. The number of hydrogen-bond acceptors (Lipinski definition) is 3. The first-order valence-electron chi connectivity index (χ1n) is 9.54. The summed E-state index contributed by atoms with van der Waals surface area (Å²) in [6.45, 7) is 6.25. The Morgan fingerprint density at radius 1 is 1.11 bits per heavy atom. The molecular weight excluding hydrogens is 453 g/mol. The summed E-state index contributed by atoms with van der Waals surface area (Å²) in [4.78, 5) is 21.3. The van der Waals surface area contributed by atoms with Crippen LogP contribution in [-0.4, -0.2) is 62.1 Å². The lowest BCUT2D eigenvalue weighted by Crippen LogP contribution is -2.50. The topological polar surface area (TPSA) is 60.0 Å². The van der Waals surface area contributed by atoms with Gasteiger partial charge in [0.15, 0.2) is 5.96 Å². The van der Waals surface area contributed by atoms with Crippen molar-refractivity contribution in [3.63, 3.8) is 0 Å². The molecule has 1 saturated heterocycles. The van der Waals surface area contributed by atoms with Crippen LogP contribution in [0.4, 0.5) is 5.69 Å². The van der Waals surface area contributed by atoms with E-state index in [0.717, 1.165) is 51.5 Å². The van der Waals surface area contributed by atoms with E-state index in [-0.39, 0.29) is 36.4 Å². The zero-order chi connectivity index (χ0) is 18.2. The van der Waals surface area contributed by atoms with Gasteiger partial charge in [-0.25, -0.2) is 4.99 Å². The van der Waals surface area contributed by atoms with Crippen molar-refractivity contribution in [1.82, 2.24) is 15.5 Å². The zero-order valence-electron chi connectivity index (χ0n) is 15.9. The highest BCUT2D eigenvalue weighted by Crippen LogP contribution is 2.15. The van der Waals surface area contributed by atoms with Gasteiger partial charge >= 0.3 is 0 Å². The SMILES string of the molecule is CCNC(=NCC(=O)N1CCN(c2ccccc2)CC1)NC1CC=CC1.I. The monoisotopic (exact) mass is 483 g/mol. The van der Waals surface area contributed by atoms with Crippen LogP contribution in [0, 0.1) is 0 Å². The van der Waals surface area contributed by atoms with E-state index in [0.29, 0.717) is 6.04 Å². The quantitative estimate of drug-likeness (QED) is 0.292. The number of anilines is 1. The van der Waals surface area contributed by atoms with Gasteiger partial charge in [-0.15, -0.1) is 24.0 Å². The third-order valence-electron chi connectivity index (χ3n) is 4.82. The van der Waals surface area contributed by atoms with Gasteiger partial charge in [0.25, 0.3) is 0 Å². The molecule has 1 amide bonds. The van der Waals surface area contributed by atoms with E-state index in [1.165, 1.54) is 5.69 Å². The number of guanidine groups is 1. The van der Waals surface area contributed by atoms with Gasteiger partial charge in [0, 0.05) is 44.5 Å². The molecule has 27 heavy (non-hydrogen) atoms. The molecule has 0 saturated carbocycles. The Balaban J connectivity index is 0.00000261. The minimum Gasteiger partial charge on any atom is -0.368 e. The van der Waals surface area contributed by atoms with Gasteiger partial charge < -0.3 is 20.4 Å². The van der Waals surface area contributed by atoms with Crippen molar-refractivity contribution in [1.29, 1.82) is 0 Å². The molecule has 1 aromatic carbocycles. The van der Waals surface area contributed by atoms with Gasteiger partial charge in [0.2, 0.25) is 5.91 Å². The normalized spacial score (nSPS) is 17.6. The van der Waals surface area contributed by atoms with Gasteiger partial charge in [-0.2, -0.15) is 0 Å². The van der Waals surface area contributed by atoms with E-state index in [2.05, 4.69) is 56.9 Å². The molecule has 3 rings (SSSR count). The van der Waals surface area contributed by atoms with Crippen LogP contribution in [0.3, 0.4) is 0 Å². The summed E-state index contributed by atoms with van der Waals surface area (Å²) in [5.74, 6) is 0.830. The predicted molar refractivity (Wildman–Crippen MR) is 122 cm³/mol. The molecule has 7 heteroatoms. The van der Waals surface area contributed by atoms with E-state index in [4.69, 9.17) is 0 Å². The van der Waals surface area contributed by atoms with Crippen LogP contribution in [0.2, 0.25) is 0 Å². The molecule has 1 aliphatic carbocycles. The van der Waals surface area contributed by atoms with Crippen molar-refractivity contribution < 1.29 is 4.79 Å². The third-order valence-corrected chi connectivity index (χ3v) is 4.82. The fourth-order valence-electron chi connectivity index (χ4n) is 3.35. The lowest BCUT2D eigenvalue weighted by atomic mass is 10.2. The molecule has 148 valence electrons. The molecule has 1 aromatic rings. The maximum absolute atomic E-state index is 12.5. The predicted octanol–water partition coefficient (Wildman–Crippen LogP) is 2.23. The summed E-state index contributed by atoms with van der Waals surface area (Å²) < 4.78 is 0. The number of rotatable bonds is 5. The first-order valence-corrected chi connectivity index (χ1v) is 9.54. The number of carbonyl (C=O) groups excluding carboxylic acids is 1. The first-order chi connectivity index (χ1) is 12.8. The molecule has 0 aromatic heterocycles. The lowest BCUT2D eigenvalue weighted by Gasteiger charge is -2.36. The number of hydrogen-bond donors (Lipinski definition) is 2. The molecule has 2 aliphatic rings. The summed E-state index contributed by atoms with van der Waals surface area (Å²) in [5.41, 5.74) is 1.22. The highest BCUT2D eigenvalue weighted by atomic mass is 127. The van der Waals surface area contributed by atoms with Crippen molar-refractivity contribution in [2.45, 2.75) is 25.8 Å². The van der Waals surface area contributed by atoms with Crippen LogP contribution in [0.1, 0.15) is 19.8 Å². The van der Waals surface area contributed by atoms with Gasteiger partial charge in [0.05, 0.1) is 0 Å². The molecular formula is C20H30IN5O.